The van der Waals surface area contributed by atoms with E-state index >= 15 is 0 Å². The van der Waals surface area contributed by atoms with E-state index < -0.39 is 0 Å². The standard InChI is InChI=1S/C11H22N2O/c1-3-13(2)11(14)10-5-4-9(8-10)6-7-12/h9-10H,3-8,12H2,1-2H3. The van der Waals surface area contributed by atoms with Gasteiger partial charge in [0.2, 0.25) is 5.91 Å². The van der Waals surface area contributed by atoms with Crippen LogP contribution in [-0.4, -0.2) is 30.9 Å². The van der Waals surface area contributed by atoms with Gasteiger partial charge in [0.1, 0.15) is 0 Å². The molecule has 1 saturated carbocycles. The molecule has 0 aromatic rings. The van der Waals surface area contributed by atoms with Crippen LogP contribution in [0.4, 0.5) is 0 Å². The Morgan fingerprint density at radius 3 is 2.79 bits per heavy atom. The summed E-state index contributed by atoms with van der Waals surface area (Å²) in [5.74, 6) is 1.29. The summed E-state index contributed by atoms with van der Waals surface area (Å²) in [4.78, 5) is 13.6. The van der Waals surface area contributed by atoms with Crippen LogP contribution in [0.15, 0.2) is 0 Å². The second-order valence-corrected chi connectivity index (χ2v) is 4.31. The number of carbonyl (C=O) groups excluding carboxylic acids is 1. The molecule has 0 radical (unpaired) electrons. The molecule has 2 atom stereocenters. The first-order chi connectivity index (χ1) is 6.69. The minimum Gasteiger partial charge on any atom is -0.346 e. The number of rotatable bonds is 4. The highest BCUT2D eigenvalue weighted by Crippen LogP contribution is 2.33. The first kappa shape index (κ1) is 11.5. The average molecular weight is 198 g/mol. The van der Waals surface area contributed by atoms with Gasteiger partial charge in [-0.05, 0) is 45.1 Å². The lowest BCUT2D eigenvalue weighted by molar-refractivity contribution is -0.133. The maximum atomic E-state index is 11.8. The molecule has 1 aliphatic rings. The van der Waals surface area contributed by atoms with E-state index in [-0.39, 0.29) is 5.92 Å². The zero-order valence-corrected chi connectivity index (χ0v) is 9.33. The molecule has 0 saturated heterocycles. The predicted molar refractivity (Wildman–Crippen MR) is 57.8 cm³/mol. The van der Waals surface area contributed by atoms with Gasteiger partial charge in [-0.15, -0.1) is 0 Å². The number of nitrogens with two attached hydrogens (primary N) is 1. The highest BCUT2D eigenvalue weighted by Gasteiger charge is 2.30. The van der Waals surface area contributed by atoms with Crippen molar-refractivity contribution in [2.75, 3.05) is 20.1 Å². The van der Waals surface area contributed by atoms with Crippen LogP contribution >= 0.6 is 0 Å². The molecule has 0 spiro atoms. The summed E-state index contributed by atoms with van der Waals surface area (Å²) in [6, 6.07) is 0. The van der Waals surface area contributed by atoms with Gasteiger partial charge in [-0.2, -0.15) is 0 Å². The Labute approximate surface area is 86.6 Å². The molecule has 82 valence electrons. The molecule has 0 aliphatic heterocycles. The number of carbonyl (C=O) groups is 1. The van der Waals surface area contributed by atoms with Crippen molar-refractivity contribution >= 4 is 5.91 Å². The molecule has 2 N–H and O–H groups in total. The van der Waals surface area contributed by atoms with Gasteiger partial charge in [0, 0.05) is 19.5 Å². The maximum absolute atomic E-state index is 11.8. The van der Waals surface area contributed by atoms with Crippen LogP contribution in [0.25, 0.3) is 0 Å². The van der Waals surface area contributed by atoms with Crippen LogP contribution in [0.2, 0.25) is 0 Å². The molecule has 1 rings (SSSR count). The van der Waals surface area contributed by atoms with E-state index in [2.05, 4.69) is 0 Å². The first-order valence-corrected chi connectivity index (χ1v) is 5.64. The fourth-order valence-electron chi connectivity index (χ4n) is 2.26. The SMILES string of the molecule is CCN(C)C(=O)C1CCC(CCN)C1. The van der Waals surface area contributed by atoms with Gasteiger partial charge < -0.3 is 10.6 Å². The van der Waals surface area contributed by atoms with Crippen LogP contribution in [0, 0.1) is 11.8 Å². The van der Waals surface area contributed by atoms with Crippen molar-refractivity contribution in [2.24, 2.45) is 17.6 Å². The molecule has 3 nitrogen and oxygen atoms in total. The number of nitrogens with zero attached hydrogens (tertiary/aromatic N) is 1. The Morgan fingerprint density at radius 2 is 2.21 bits per heavy atom. The molecule has 3 heteroatoms. The monoisotopic (exact) mass is 198 g/mol. The van der Waals surface area contributed by atoms with Gasteiger partial charge in [0.05, 0.1) is 0 Å². The Morgan fingerprint density at radius 1 is 1.50 bits per heavy atom. The average Bonchev–Trinajstić information content (AvgIpc) is 2.64. The van der Waals surface area contributed by atoms with Crippen molar-refractivity contribution in [3.05, 3.63) is 0 Å². The van der Waals surface area contributed by atoms with Crippen LogP contribution in [0.1, 0.15) is 32.6 Å². The molecule has 1 amide bonds. The van der Waals surface area contributed by atoms with Crippen molar-refractivity contribution in [2.45, 2.75) is 32.6 Å². The minimum absolute atomic E-state index is 0.275. The number of amides is 1. The largest absolute Gasteiger partial charge is 0.346 e. The van der Waals surface area contributed by atoms with E-state index in [0.717, 1.165) is 32.4 Å². The Hall–Kier alpha value is -0.570. The van der Waals surface area contributed by atoms with Crippen LogP contribution in [0.3, 0.4) is 0 Å². The summed E-state index contributed by atoms with van der Waals surface area (Å²) in [5, 5.41) is 0. The highest BCUT2D eigenvalue weighted by atomic mass is 16.2. The molecule has 0 aromatic carbocycles. The molecule has 0 heterocycles. The van der Waals surface area contributed by atoms with E-state index in [9.17, 15) is 4.79 Å². The lowest BCUT2D eigenvalue weighted by Crippen LogP contribution is -2.31. The van der Waals surface area contributed by atoms with Crippen molar-refractivity contribution < 1.29 is 4.79 Å². The normalized spacial score (nSPS) is 26.5. The van der Waals surface area contributed by atoms with Gasteiger partial charge in [-0.3, -0.25) is 4.79 Å². The Bertz CT molecular complexity index is 194. The molecule has 1 aliphatic carbocycles. The number of hydrogen-bond donors (Lipinski definition) is 1. The fourth-order valence-corrected chi connectivity index (χ4v) is 2.26. The predicted octanol–water partition coefficient (Wildman–Crippen LogP) is 1.23. The molecule has 1 fully saturated rings. The molecule has 14 heavy (non-hydrogen) atoms. The van der Waals surface area contributed by atoms with E-state index in [1.807, 2.05) is 18.9 Å². The maximum Gasteiger partial charge on any atom is 0.225 e. The van der Waals surface area contributed by atoms with Crippen molar-refractivity contribution in [3.8, 4) is 0 Å². The van der Waals surface area contributed by atoms with Crippen molar-refractivity contribution in [1.29, 1.82) is 0 Å². The minimum atomic E-state index is 0.275. The zero-order valence-electron chi connectivity index (χ0n) is 9.33. The zero-order chi connectivity index (χ0) is 10.6. The van der Waals surface area contributed by atoms with Crippen LogP contribution in [-0.2, 0) is 4.79 Å². The topological polar surface area (TPSA) is 46.3 Å². The van der Waals surface area contributed by atoms with E-state index in [1.54, 1.807) is 0 Å². The molecular weight excluding hydrogens is 176 g/mol. The second-order valence-electron chi connectivity index (χ2n) is 4.31. The van der Waals surface area contributed by atoms with Crippen LogP contribution in [0.5, 0.6) is 0 Å². The Kier molecular flexibility index (Phi) is 4.39. The molecule has 0 aromatic heterocycles. The summed E-state index contributed by atoms with van der Waals surface area (Å²) in [6.07, 6.45) is 4.39. The quantitative estimate of drug-likeness (QED) is 0.738. The van der Waals surface area contributed by atoms with Gasteiger partial charge in [-0.1, -0.05) is 0 Å². The summed E-state index contributed by atoms with van der Waals surface area (Å²) in [7, 11) is 1.89. The van der Waals surface area contributed by atoms with Gasteiger partial charge in [-0.25, -0.2) is 0 Å². The van der Waals surface area contributed by atoms with Gasteiger partial charge >= 0.3 is 0 Å². The summed E-state index contributed by atoms with van der Waals surface area (Å²) < 4.78 is 0. The molecule has 2 unspecified atom stereocenters. The number of hydrogen-bond acceptors (Lipinski definition) is 2. The first-order valence-electron chi connectivity index (χ1n) is 5.64. The summed E-state index contributed by atoms with van der Waals surface area (Å²) in [5.41, 5.74) is 5.52. The lowest BCUT2D eigenvalue weighted by Gasteiger charge is -2.19. The highest BCUT2D eigenvalue weighted by molar-refractivity contribution is 5.78. The Balaban J connectivity index is 2.37. The summed E-state index contributed by atoms with van der Waals surface area (Å²) >= 11 is 0. The smallest absolute Gasteiger partial charge is 0.225 e. The van der Waals surface area contributed by atoms with Crippen molar-refractivity contribution in [1.82, 2.24) is 4.90 Å². The van der Waals surface area contributed by atoms with E-state index in [1.165, 1.54) is 6.42 Å². The fraction of sp³-hybridized carbons (Fsp3) is 0.909. The molecular formula is C11H22N2O. The van der Waals surface area contributed by atoms with Gasteiger partial charge in [0.15, 0.2) is 0 Å². The van der Waals surface area contributed by atoms with E-state index in [4.69, 9.17) is 5.73 Å². The van der Waals surface area contributed by atoms with Gasteiger partial charge in [0.25, 0.3) is 0 Å². The van der Waals surface area contributed by atoms with E-state index in [0.29, 0.717) is 11.8 Å². The third kappa shape index (κ3) is 2.71. The third-order valence-corrected chi connectivity index (χ3v) is 3.32. The lowest BCUT2D eigenvalue weighted by atomic mass is 10.0. The summed E-state index contributed by atoms with van der Waals surface area (Å²) in [6.45, 7) is 3.59. The third-order valence-electron chi connectivity index (χ3n) is 3.32. The molecule has 0 bridgehead atoms. The van der Waals surface area contributed by atoms with Crippen LogP contribution < -0.4 is 5.73 Å². The van der Waals surface area contributed by atoms with Crippen molar-refractivity contribution in [3.63, 3.8) is 0 Å². The second kappa shape index (κ2) is 5.35.